The third-order valence-electron chi connectivity index (χ3n) is 22.9. The third kappa shape index (κ3) is 9.27. The van der Waals surface area contributed by atoms with Crippen molar-refractivity contribution in [2.24, 2.45) is 0 Å². The number of rotatable bonds is 9. The predicted molar refractivity (Wildman–Crippen MR) is 436 cm³/mol. The van der Waals surface area contributed by atoms with Crippen LogP contribution in [-0.4, -0.2) is 19.9 Å². The molecule has 502 valence electrons. The molecule has 2 aliphatic heterocycles. The number of aromatic nitrogens is 4. The monoisotopic (exact) mass is 1370 g/mol. The van der Waals surface area contributed by atoms with Crippen LogP contribution in [0.5, 0.6) is 23.0 Å². The van der Waals surface area contributed by atoms with Gasteiger partial charge in [0.15, 0.2) is 11.6 Å². The number of ether oxygens (including phenoxy) is 2. The average molecular weight is 1380 g/mol. The van der Waals surface area contributed by atoms with Crippen molar-refractivity contribution in [1.29, 1.82) is 0 Å². The molecule has 0 saturated heterocycles. The van der Waals surface area contributed by atoms with Crippen molar-refractivity contribution in [3.63, 3.8) is 0 Å². The van der Waals surface area contributed by atoms with E-state index in [0.29, 0.717) is 11.6 Å². The highest BCUT2D eigenvalue weighted by molar-refractivity contribution is 6.01. The van der Waals surface area contributed by atoms with E-state index in [4.69, 9.17) is 29.4 Å². The van der Waals surface area contributed by atoms with Gasteiger partial charge in [0, 0.05) is 55.3 Å². The molecule has 16 aromatic carbocycles. The predicted octanol–water partition coefficient (Wildman–Crippen LogP) is 25.5. The summed E-state index contributed by atoms with van der Waals surface area (Å²) in [7, 11) is 0. The van der Waals surface area contributed by atoms with Gasteiger partial charge in [-0.25, -0.2) is 19.9 Å². The van der Waals surface area contributed by atoms with Crippen LogP contribution in [0.2, 0.25) is 0 Å². The third-order valence-corrected chi connectivity index (χ3v) is 22.9. The lowest BCUT2D eigenvalue weighted by molar-refractivity contribution is 0.435. The fourth-order valence-electron chi connectivity index (χ4n) is 18.1. The SMILES string of the molecule is c1ccc(-c2ccc(-c3nc(-c4ccc(-c5cccc6c5-c5ccccc5C65c6ccccc6Oc6cc(-c7ccc8c(c7)Oc7ccccc7C87c8ccccc8-c8c(-c9ccc(-c%10nc(-c%11ccc(-c%12ccccc%12)cc%11)c%11ccccc%11n%10)cc9)cccc87)ccc65)cc4)c4ccccc4n3)cc2)cc1. The summed E-state index contributed by atoms with van der Waals surface area (Å²) in [6.07, 6.45) is 0. The molecule has 6 nitrogen and oxygen atoms in total. The summed E-state index contributed by atoms with van der Waals surface area (Å²) in [5.41, 5.74) is 31.5. The van der Waals surface area contributed by atoms with Gasteiger partial charge in [0.25, 0.3) is 0 Å². The van der Waals surface area contributed by atoms with E-state index in [1.807, 2.05) is 18.2 Å². The van der Waals surface area contributed by atoms with Crippen LogP contribution in [0.4, 0.5) is 0 Å². The van der Waals surface area contributed by atoms with Gasteiger partial charge in [-0.05, 0) is 137 Å². The quantitative estimate of drug-likeness (QED) is 0.143. The highest BCUT2D eigenvalue weighted by Gasteiger charge is 2.54. The van der Waals surface area contributed by atoms with Gasteiger partial charge in [0.05, 0.1) is 33.3 Å². The standard InChI is InChI=1S/C102H62N4O2/c1-3-21-63(22-4-1)65-41-49-69(50-42-65)97-79-27-9-15-37-89(79)104-100(105-97)72-55-47-68(48-56-72)76-30-20-36-88-96(76)78-26-8-12-32-82(78)102(88)84-34-14-18-40-92(84)108-94-62-74(58-60-86(94)102)73-57-59-85-93(61-73)107-91-39-17-13-33-83(91)101(85)81-31-11-7-25-77(81)95-75(29-19-35-87(95)101)67-45-51-70(52-46-67)98-80-28-10-16-38-90(80)103-99(106-98)71-53-43-66(44-54-71)64-23-5-2-6-24-64/h1-62H. The second-order valence-corrected chi connectivity index (χ2v) is 28.5. The second kappa shape index (κ2) is 24.2. The van der Waals surface area contributed by atoms with E-state index < -0.39 is 10.8 Å². The molecule has 4 aliphatic rings. The first kappa shape index (κ1) is 61.3. The Kier molecular flexibility index (Phi) is 13.7. The van der Waals surface area contributed by atoms with Gasteiger partial charge in [-0.15, -0.1) is 0 Å². The fourth-order valence-corrected chi connectivity index (χ4v) is 18.1. The minimum atomic E-state index is -0.703. The molecule has 22 rings (SSSR count). The molecule has 2 atom stereocenters. The summed E-state index contributed by atoms with van der Waals surface area (Å²) in [6.45, 7) is 0. The zero-order valence-corrected chi connectivity index (χ0v) is 58.4. The number of benzene rings is 16. The number of nitrogens with zero attached hydrogens (tertiary/aromatic N) is 4. The molecule has 2 aromatic heterocycles. The normalized spacial score (nSPS) is 15.1. The van der Waals surface area contributed by atoms with E-state index in [9.17, 15) is 0 Å². The molecule has 18 aromatic rings. The van der Waals surface area contributed by atoms with Crippen molar-refractivity contribution in [2.45, 2.75) is 10.8 Å². The fraction of sp³-hybridized carbons (Fsp3) is 0.0196. The molecule has 2 unspecified atom stereocenters. The average Bonchev–Trinajstić information content (AvgIpc) is 0.895. The Labute approximate surface area is 624 Å². The van der Waals surface area contributed by atoms with Crippen molar-refractivity contribution in [3.05, 3.63) is 421 Å². The number of hydrogen-bond acceptors (Lipinski definition) is 6. The Balaban J connectivity index is 0.619. The van der Waals surface area contributed by atoms with E-state index in [0.717, 1.165) is 145 Å². The molecule has 2 aliphatic carbocycles. The molecular formula is C102H62N4O2. The van der Waals surface area contributed by atoms with Gasteiger partial charge < -0.3 is 9.47 Å². The number of fused-ring (bicyclic) bond motifs is 20. The van der Waals surface area contributed by atoms with Crippen LogP contribution in [0, 0.1) is 0 Å². The summed E-state index contributed by atoms with van der Waals surface area (Å²) in [5.74, 6) is 4.66. The Bertz CT molecular complexity index is 6710. The highest BCUT2D eigenvalue weighted by Crippen LogP contribution is 2.66. The maximum absolute atomic E-state index is 7.21. The molecule has 0 bridgehead atoms. The van der Waals surface area contributed by atoms with Crippen molar-refractivity contribution in [1.82, 2.24) is 19.9 Å². The van der Waals surface area contributed by atoms with Crippen LogP contribution in [0.25, 0.3) is 145 Å². The molecule has 6 heteroatoms. The van der Waals surface area contributed by atoms with Crippen molar-refractivity contribution in [3.8, 4) is 146 Å². The summed E-state index contributed by atoms with van der Waals surface area (Å²) in [5, 5.41) is 2.02. The lowest BCUT2D eigenvalue weighted by Gasteiger charge is -2.40. The first-order valence-corrected chi connectivity index (χ1v) is 36.9. The van der Waals surface area contributed by atoms with Crippen LogP contribution in [0.3, 0.4) is 0 Å². The van der Waals surface area contributed by atoms with Gasteiger partial charge in [-0.2, -0.15) is 0 Å². The minimum absolute atomic E-state index is 0.682. The van der Waals surface area contributed by atoms with Crippen LogP contribution < -0.4 is 9.47 Å². The topological polar surface area (TPSA) is 70.0 Å². The summed E-state index contributed by atoms with van der Waals surface area (Å²) < 4.78 is 14.4. The van der Waals surface area contributed by atoms with Crippen LogP contribution >= 0.6 is 0 Å². The van der Waals surface area contributed by atoms with Crippen molar-refractivity contribution < 1.29 is 9.47 Å². The molecule has 0 N–H and O–H groups in total. The maximum Gasteiger partial charge on any atom is 0.160 e. The largest absolute Gasteiger partial charge is 0.457 e. The Morgan fingerprint density at radius 1 is 0.185 bits per heavy atom. The van der Waals surface area contributed by atoms with Gasteiger partial charge in [0.1, 0.15) is 23.0 Å². The van der Waals surface area contributed by atoms with E-state index in [1.165, 1.54) is 55.6 Å². The van der Waals surface area contributed by atoms with Crippen LogP contribution in [0.1, 0.15) is 44.5 Å². The molecule has 0 saturated carbocycles. The van der Waals surface area contributed by atoms with Gasteiger partial charge >= 0.3 is 0 Å². The lowest BCUT2D eigenvalue weighted by atomic mass is 9.65. The first-order chi connectivity index (χ1) is 53.5. The summed E-state index contributed by atoms with van der Waals surface area (Å²) in [6, 6.07) is 135. The minimum Gasteiger partial charge on any atom is -0.457 e. The second-order valence-electron chi connectivity index (χ2n) is 28.5. The molecule has 2 spiro atoms. The van der Waals surface area contributed by atoms with Crippen LogP contribution in [0.15, 0.2) is 376 Å². The van der Waals surface area contributed by atoms with Gasteiger partial charge in [-0.1, -0.05) is 340 Å². The summed E-state index contributed by atoms with van der Waals surface area (Å²) in [4.78, 5) is 20.9. The van der Waals surface area contributed by atoms with E-state index in [2.05, 4.69) is 358 Å². The lowest BCUT2D eigenvalue weighted by Crippen LogP contribution is -2.32. The molecule has 108 heavy (non-hydrogen) atoms. The Morgan fingerprint density at radius 3 is 0.926 bits per heavy atom. The number of para-hydroxylation sites is 4. The molecule has 0 amide bonds. The molecule has 0 fully saturated rings. The smallest absolute Gasteiger partial charge is 0.160 e. The van der Waals surface area contributed by atoms with Crippen molar-refractivity contribution >= 4 is 21.8 Å². The van der Waals surface area contributed by atoms with E-state index >= 15 is 0 Å². The van der Waals surface area contributed by atoms with E-state index in [-0.39, 0.29) is 0 Å². The summed E-state index contributed by atoms with van der Waals surface area (Å²) >= 11 is 0. The van der Waals surface area contributed by atoms with Crippen molar-refractivity contribution in [2.75, 3.05) is 0 Å². The molecule has 4 heterocycles. The Morgan fingerprint density at radius 2 is 0.491 bits per heavy atom. The zero-order valence-electron chi connectivity index (χ0n) is 58.4. The Hall–Kier alpha value is -14.2. The zero-order chi connectivity index (χ0) is 71.0. The van der Waals surface area contributed by atoms with Crippen LogP contribution in [-0.2, 0) is 10.8 Å². The molecular weight excluding hydrogens is 1310 g/mol. The maximum atomic E-state index is 7.21. The number of hydrogen-bond donors (Lipinski definition) is 0. The van der Waals surface area contributed by atoms with Gasteiger partial charge in [-0.3, -0.25) is 0 Å². The first-order valence-electron chi connectivity index (χ1n) is 36.9. The molecule has 0 radical (unpaired) electrons. The van der Waals surface area contributed by atoms with Gasteiger partial charge in [0.2, 0.25) is 0 Å². The van der Waals surface area contributed by atoms with E-state index in [1.54, 1.807) is 0 Å². The highest BCUT2D eigenvalue weighted by atomic mass is 16.5.